The molecular formula is C15H19N3O3. The zero-order valence-corrected chi connectivity index (χ0v) is 12.6. The quantitative estimate of drug-likeness (QED) is 0.691. The smallest absolute Gasteiger partial charge is 0.278 e. The average molecular weight is 289 g/mol. The first-order valence-corrected chi connectivity index (χ1v) is 6.66. The molecule has 0 aliphatic heterocycles. The van der Waals surface area contributed by atoms with Gasteiger partial charge in [0.1, 0.15) is 0 Å². The number of anilines is 1. The molecule has 2 rings (SSSR count). The molecule has 0 saturated carbocycles. The van der Waals surface area contributed by atoms with Gasteiger partial charge in [-0.25, -0.2) is 0 Å². The Morgan fingerprint density at radius 1 is 1.38 bits per heavy atom. The summed E-state index contributed by atoms with van der Waals surface area (Å²) >= 11 is 0. The zero-order valence-electron chi connectivity index (χ0n) is 12.6. The second-order valence-electron chi connectivity index (χ2n) is 5.90. The van der Waals surface area contributed by atoms with Gasteiger partial charge < -0.3 is 10.0 Å². The molecule has 0 spiro atoms. The van der Waals surface area contributed by atoms with Crippen LogP contribution in [-0.4, -0.2) is 34.2 Å². The zero-order chi connectivity index (χ0) is 15.8. The van der Waals surface area contributed by atoms with Crippen molar-refractivity contribution in [2.75, 3.05) is 18.5 Å². The van der Waals surface area contributed by atoms with Crippen LogP contribution in [0.5, 0.6) is 0 Å². The topological polar surface area (TPSA) is 79.5 Å². The van der Waals surface area contributed by atoms with Crippen LogP contribution in [0.15, 0.2) is 24.4 Å². The Morgan fingerprint density at radius 2 is 2.05 bits per heavy atom. The van der Waals surface area contributed by atoms with Gasteiger partial charge in [0.25, 0.3) is 5.69 Å². The van der Waals surface area contributed by atoms with Crippen LogP contribution in [0.1, 0.15) is 19.5 Å². The maximum Gasteiger partial charge on any atom is 0.278 e. The van der Waals surface area contributed by atoms with E-state index in [1.807, 2.05) is 24.9 Å². The normalized spacial score (nSPS) is 11.7. The number of hydrogen-bond acceptors (Lipinski definition) is 5. The number of aryl methyl sites for hydroxylation is 1. The van der Waals surface area contributed by atoms with Crippen molar-refractivity contribution in [3.63, 3.8) is 0 Å². The van der Waals surface area contributed by atoms with Crippen molar-refractivity contribution < 1.29 is 10.0 Å². The largest absolute Gasteiger partial charge is 0.389 e. The highest BCUT2D eigenvalue weighted by molar-refractivity contribution is 5.99. The van der Waals surface area contributed by atoms with Crippen molar-refractivity contribution in [2.24, 2.45) is 0 Å². The highest BCUT2D eigenvalue weighted by Crippen LogP contribution is 2.33. The van der Waals surface area contributed by atoms with Gasteiger partial charge in [0.15, 0.2) is 0 Å². The summed E-state index contributed by atoms with van der Waals surface area (Å²) in [6, 6.07) is 5.03. The van der Waals surface area contributed by atoms with Gasteiger partial charge in [0, 0.05) is 42.6 Å². The molecule has 0 aliphatic carbocycles. The molecule has 6 heteroatoms. The van der Waals surface area contributed by atoms with Crippen LogP contribution in [0.3, 0.4) is 0 Å². The minimum absolute atomic E-state index is 0.0397. The number of fused-ring (bicyclic) bond motifs is 1. The van der Waals surface area contributed by atoms with E-state index in [0.717, 1.165) is 16.8 Å². The minimum atomic E-state index is -0.856. The van der Waals surface area contributed by atoms with Crippen molar-refractivity contribution in [2.45, 2.75) is 26.4 Å². The third-order valence-electron chi connectivity index (χ3n) is 3.22. The lowest BCUT2D eigenvalue weighted by molar-refractivity contribution is -0.383. The highest BCUT2D eigenvalue weighted by Gasteiger charge is 2.20. The molecule has 2 aromatic rings. The third kappa shape index (κ3) is 3.28. The Labute approximate surface area is 123 Å². The van der Waals surface area contributed by atoms with Crippen molar-refractivity contribution in [3.8, 4) is 0 Å². The molecule has 1 aromatic carbocycles. The molecule has 0 saturated heterocycles. The molecule has 0 amide bonds. The number of likely N-dealkylation sites (N-methyl/N-ethyl adjacent to an activating group) is 1. The number of rotatable bonds is 4. The maximum absolute atomic E-state index is 11.1. The van der Waals surface area contributed by atoms with Crippen LogP contribution < -0.4 is 4.90 Å². The van der Waals surface area contributed by atoms with Gasteiger partial charge in [-0.05, 0) is 32.9 Å². The van der Waals surface area contributed by atoms with Gasteiger partial charge in [-0.1, -0.05) is 0 Å². The number of non-ortho nitro benzene ring substituents is 1. The van der Waals surface area contributed by atoms with Crippen LogP contribution >= 0.6 is 0 Å². The Kier molecular flexibility index (Phi) is 3.82. The number of hydrogen-bond donors (Lipinski definition) is 1. The second-order valence-corrected chi connectivity index (χ2v) is 5.90. The first-order chi connectivity index (χ1) is 9.69. The molecule has 1 N–H and O–H groups in total. The lowest BCUT2D eigenvalue weighted by Gasteiger charge is -2.28. The molecule has 0 fully saturated rings. The number of benzene rings is 1. The van der Waals surface area contributed by atoms with E-state index in [1.54, 1.807) is 19.9 Å². The number of aliphatic hydroxyl groups is 1. The number of nitro groups is 1. The van der Waals surface area contributed by atoms with Gasteiger partial charge in [0.05, 0.1) is 15.9 Å². The monoisotopic (exact) mass is 289 g/mol. The number of nitrogens with zero attached hydrogens (tertiary/aromatic N) is 3. The average Bonchev–Trinajstić information content (AvgIpc) is 2.34. The van der Waals surface area contributed by atoms with E-state index in [-0.39, 0.29) is 5.69 Å². The van der Waals surface area contributed by atoms with E-state index < -0.39 is 10.5 Å². The fraction of sp³-hybridized carbons (Fsp3) is 0.400. The third-order valence-corrected chi connectivity index (χ3v) is 3.22. The summed E-state index contributed by atoms with van der Waals surface area (Å²) < 4.78 is 0. The Hall–Kier alpha value is -2.21. The van der Waals surface area contributed by atoms with Gasteiger partial charge in [-0.3, -0.25) is 15.1 Å². The van der Waals surface area contributed by atoms with Gasteiger partial charge in [0.2, 0.25) is 0 Å². The molecule has 0 aliphatic rings. The van der Waals surface area contributed by atoms with Crippen LogP contribution in [0.2, 0.25) is 0 Å². The summed E-state index contributed by atoms with van der Waals surface area (Å²) in [6.45, 7) is 5.72. The van der Waals surface area contributed by atoms with E-state index in [2.05, 4.69) is 4.98 Å². The SMILES string of the molecule is Cc1cc2c(N(C)CC(C)(C)O)ccc([N+](=O)[O-])c2cn1. The van der Waals surface area contributed by atoms with Crippen molar-refractivity contribution in [3.05, 3.63) is 40.2 Å². The van der Waals surface area contributed by atoms with Crippen LogP contribution in [0, 0.1) is 17.0 Å². The van der Waals surface area contributed by atoms with E-state index in [9.17, 15) is 15.2 Å². The molecule has 112 valence electrons. The molecule has 0 unspecified atom stereocenters. The van der Waals surface area contributed by atoms with E-state index in [0.29, 0.717) is 11.9 Å². The molecule has 6 nitrogen and oxygen atoms in total. The van der Waals surface area contributed by atoms with Gasteiger partial charge in [-0.15, -0.1) is 0 Å². The standard InChI is InChI=1S/C15H19N3O3/c1-10-7-11-12(8-16-10)14(18(20)21)6-5-13(11)17(4)9-15(2,3)19/h5-8,19H,9H2,1-4H3. The lowest BCUT2D eigenvalue weighted by Crippen LogP contribution is -2.36. The van der Waals surface area contributed by atoms with Gasteiger partial charge >= 0.3 is 0 Å². The van der Waals surface area contributed by atoms with Crippen LogP contribution in [-0.2, 0) is 0 Å². The number of aromatic nitrogens is 1. The summed E-state index contributed by atoms with van der Waals surface area (Å²) in [4.78, 5) is 16.8. The second kappa shape index (κ2) is 5.29. The van der Waals surface area contributed by atoms with E-state index in [1.165, 1.54) is 12.3 Å². The summed E-state index contributed by atoms with van der Waals surface area (Å²) in [5.74, 6) is 0. The van der Waals surface area contributed by atoms with Crippen LogP contribution in [0.25, 0.3) is 10.8 Å². The predicted octanol–water partition coefficient (Wildman–Crippen LogP) is 2.66. The highest BCUT2D eigenvalue weighted by atomic mass is 16.6. The summed E-state index contributed by atoms with van der Waals surface area (Å²) in [5.41, 5.74) is 0.812. The molecule has 0 radical (unpaired) electrons. The first-order valence-electron chi connectivity index (χ1n) is 6.66. The van der Waals surface area contributed by atoms with Gasteiger partial charge in [-0.2, -0.15) is 0 Å². The maximum atomic E-state index is 11.1. The molecule has 1 aromatic heterocycles. The van der Waals surface area contributed by atoms with Crippen LogP contribution in [0.4, 0.5) is 11.4 Å². The molecule has 1 heterocycles. The first kappa shape index (κ1) is 15.2. The summed E-state index contributed by atoms with van der Waals surface area (Å²) in [7, 11) is 1.86. The minimum Gasteiger partial charge on any atom is -0.389 e. The number of pyridine rings is 1. The molecule has 21 heavy (non-hydrogen) atoms. The van der Waals surface area contributed by atoms with E-state index >= 15 is 0 Å². The number of nitro benzene ring substituents is 1. The fourth-order valence-corrected chi connectivity index (χ4v) is 2.47. The van der Waals surface area contributed by atoms with E-state index in [4.69, 9.17) is 0 Å². The Balaban J connectivity index is 2.62. The van der Waals surface area contributed by atoms with Crippen molar-refractivity contribution in [1.29, 1.82) is 0 Å². The Morgan fingerprint density at radius 3 is 2.62 bits per heavy atom. The fourth-order valence-electron chi connectivity index (χ4n) is 2.47. The molecule has 0 bridgehead atoms. The summed E-state index contributed by atoms with van der Waals surface area (Å²) in [5, 5.41) is 22.4. The molecular weight excluding hydrogens is 270 g/mol. The Bertz CT molecular complexity index is 692. The van der Waals surface area contributed by atoms with Crippen molar-refractivity contribution in [1.82, 2.24) is 4.98 Å². The molecule has 0 atom stereocenters. The summed E-state index contributed by atoms with van der Waals surface area (Å²) in [6.07, 6.45) is 1.53. The predicted molar refractivity (Wildman–Crippen MR) is 82.7 cm³/mol. The van der Waals surface area contributed by atoms with Crippen molar-refractivity contribution >= 4 is 22.1 Å². The lowest BCUT2D eigenvalue weighted by atomic mass is 10.1.